The molecule has 1 atom stereocenters. The Labute approximate surface area is 98.4 Å². The summed E-state index contributed by atoms with van der Waals surface area (Å²) in [7, 11) is 0. The molecule has 0 N–H and O–H groups in total. The maximum absolute atomic E-state index is 5.47. The molecule has 0 spiro atoms. The Balaban J connectivity index is 0.000000720. The van der Waals surface area contributed by atoms with Gasteiger partial charge in [0.2, 0.25) is 0 Å². The van der Waals surface area contributed by atoms with Crippen LogP contribution in [0.25, 0.3) is 0 Å². The van der Waals surface area contributed by atoms with E-state index < -0.39 is 0 Å². The number of rotatable bonds is 1. The Kier molecular flexibility index (Phi) is 3.73. The van der Waals surface area contributed by atoms with Gasteiger partial charge in [0, 0.05) is 32.7 Å². The van der Waals surface area contributed by atoms with Gasteiger partial charge in [-0.15, -0.1) is 5.92 Å². The Morgan fingerprint density at radius 2 is 2.17 bits per heavy atom. The number of hydrogen-bond acceptors (Lipinski definition) is 1. The number of para-hydroxylation sites is 1. The van der Waals surface area contributed by atoms with Crippen molar-refractivity contribution in [3.05, 3.63) is 36.2 Å². The van der Waals surface area contributed by atoms with E-state index in [1.807, 2.05) is 12.1 Å². The summed E-state index contributed by atoms with van der Waals surface area (Å²) in [4.78, 5) is 0. The van der Waals surface area contributed by atoms with Crippen LogP contribution < -0.4 is 4.74 Å². The average molecular weight is 236 g/mol. The molecule has 0 aromatic heterocycles. The van der Waals surface area contributed by atoms with Crippen LogP contribution in [0.1, 0.15) is 18.4 Å². The summed E-state index contributed by atoms with van der Waals surface area (Å²) in [6.45, 7) is 2.89. The summed E-state index contributed by atoms with van der Waals surface area (Å²) in [5, 5.41) is 0. The van der Waals surface area contributed by atoms with Gasteiger partial charge in [0.25, 0.3) is 0 Å². The molecule has 12 heavy (non-hydrogen) atoms. The second-order valence-corrected chi connectivity index (χ2v) is 2.79. The molecule has 0 bridgehead atoms. The average Bonchev–Trinajstić information content (AvgIpc) is 2.47. The molecule has 2 heteroatoms. The zero-order valence-corrected chi connectivity index (χ0v) is 10.00. The maximum atomic E-state index is 5.47. The van der Waals surface area contributed by atoms with Gasteiger partial charge in [0.1, 0.15) is 5.75 Å². The molecule has 0 aliphatic carbocycles. The molecule has 0 amide bonds. The summed E-state index contributed by atoms with van der Waals surface area (Å²) < 4.78 is 5.47. The van der Waals surface area contributed by atoms with E-state index in [4.69, 9.17) is 4.74 Å². The predicted octanol–water partition coefficient (Wildman–Crippen LogP) is 2.38. The van der Waals surface area contributed by atoms with E-state index >= 15 is 0 Å². The summed E-state index contributed by atoms with van der Waals surface area (Å²) in [6, 6.07) is 8.23. The van der Waals surface area contributed by atoms with E-state index in [1.54, 1.807) is 0 Å². The Morgan fingerprint density at radius 1 is 1.42 bits per heavy atom. The van der Waals surface area contributed by atoms with Crippen molar-refractivity contribution >= 4 is 0 Å². The second-order valence-electron chi connectivity index (χ2n) is 2.79. The van der Waals surface area contributed by atoms with E-state index in [1.165, 1.54) is 5.56 Å². The molecule has 1 unspecified atom stereocenters. The van der Waals surface area contributed by atoms with Crippen molar-refractivity contribution in [1.82, 2.24) is 0 Å². The minimum absolute atomic E-state index is 0. The summed E-state index contributed by atoms with van der Waals surface area (Å²) in [5.74, 6) is 1.56. The quantitative estimate of drug-likeness (QED) is 0.680. The van der Waals surface area contributed by atoms with Crippen LogP contribution in [-0.2, 0) is 32.7 Å². The van der Waals surface area contributed by atoms with Crippen LogP contribution in [0.5, 0.6) is 5.75 Å². The molecule has 1 aliphatic heterocycles. The topological polar surface area (TPSA) is 9.23 Å². The van der Waals surface area contributed by atoms with Crippen molar-refractivity contribution in [2.75, 3.05) is 6.61 Å². The van der Waals surface area contributed by atoms with Crippen molar-refractivity contribution in [2.45, 2.75) is 12.8 Å². The van der Waals surface area contributed by atoms with Gasteiger partial charge < -0.3 is 11.2 Å². The Hall–Kier alpha value is 0.124. The Morgan fingerprint density at radius 3 is 2.92 bits per heavy atom. The largest absolute Gasteiger partial charge is 0.495 e. The van der Waals surface area contributed by atoms with E-state index in [0.29, 0.717) is 5.92 Å². The molecule has 0 saturated heterocycles. The zero-order chi connectivity index (χ0) is 7.68. The number of ether oxygens (including phenoxy) is 1. The third-order valence-electron chi connectivity index (χ3n) is 2.14. The predicted molar refractivity (Wildman–Crippen MR) is 44.7 cm³/mol. The van der Waals surface area contributed by atoms with Crippen LogP contribution in [0.2, 0.25) is 0 Å². The fourth-order valence-corrected chi connectivity index (χ4v) is 1.46. The monoisotopic (exact) mass is 236 g/mol. The van der Waals surface area contributed by atoms with Gasteiger partial charge in [-0.05, 0) is 11.6 Å². The van der Waals surface area contributed by atoms with Crippen molar-refractivity contribution in [3.8, 4) is 5.75 Å². The molecule has 61 valence electrons. The molecule has 1 aliphatic rings. The number of hydrogen-bond donors (Lipinski definition) is 0. The molecule has 2 rings (SSSR count). The van der Waals surface area contributed by atoms with Crippen LogP contribution in [-0.4, -0.2) is 6.61 Å². The second kappa shape index (κ2) is 4.39. The van der Waals surface area contributed by atoms with Crippen LogP contribution in [0.4, 0.5) is 0 Å². The third-order valence-corrected chi connectivity index (χ3v) is 2.14. The normalized spacial score (nSPS) is 19.2. The van der Waals surface area contributed by atoms with Crippen molar-refractivity contribution in [1.29, 1.82) is 0 Å². The summed E-state index contributed by atoms with van der Waals surface area (Å²) in [6.07, 6.45) is 2.19. The first-order valence-electron chi connectivity index (χ1n) is 3.93. The minimum Gasteiger partial charge on any atom is -0.495 e. The molecule has 1 nitrogen and oxygen atoms in total. The van der Waals surface area contributed by atoms with Gasteiger partial charge in [-0.1, -0.05) is 18.2 Å². The van der Waals surface area contributed by atoms with Gasteiger partial charge in [0.15, 0.2) is 0 Å². The fraction of sp³-hybridized carbons (Fsp3) is 0.300. The first kappa shape index (κ1) is 10.2. The molecule has 1 heterocycles. The summed E-state index contributed by atoms with van der Waals surface area (Å²) >= 11 is 0. The molecule has 0 saturated carbocycles. The van der Waals surface area contributed by atoms with Crippen LogP contribution >= 0.6 is 0 Å². The maximum Gasteiger partial charge on any atom is 0.120 e. The molecule has 0 fully saturated rings. The molecule has 1 aromatic carbocycles. The van der Waals surface area contributed by atoms with Gasteiger partial charge in [-0.3, -0.25) is 0 Å². The Bertz CT molecular complexity index is 260. The molecule has 1 aromatic rings. The van der Waals surface area contributed by atoms with Gasteiger partial charge in [-0.2, -0.15) is 6.92 Å². The standard InChI is InChI=1S/C10H11O.Y/c1-2-8-7-11-10-6-4-3-5-9(8)10;/h2-6,8H,7H2,1H3;/q-1;. The summed E-state index contributed by atoms with van der Waals surface area (Å²) in [5.41, 5.74) is 1.33. The number of fused-ring (bicyclic) bond motifs is 1. The molecule has 1 radical (unpaired) electrons. The smallest absolute Gasteiger partial charge is 0.120 e. The minimum atomic E-state index is 0. The third kappa shape index (κ3) is 1.72. The molecular formula is C10H11OY-. The van der Waals surface area contributed by atoms with Crippen LogP contribution in [0, 0.1) is 6.42 Å². The fourth-order valence-electron chi connectivity index (χ4n) is 1.46. The molecular weight excluding hydrogens is 225 g/mol. The zero-order valence-electron chi connectivity index (χ0n) is 7.16. The number of benzene rings is 1. The van der Waals surface area contributed by atoms with E-state index in [9.17, 15) is 0 Å². The van der Waals surface area contributed by atoms with E-state index in [2.05, 4.69) is 25.5 Å². The first-order chi connectivity index (χ1) is 5.42. The van der Waals surface area contributed by atoms with Crippen LogP contribution in [0.3, 0.4) is 0 Å². The van der Waals surface area contributed by atoms with Crippen molar-refractivity contribution in [2.24, 2.45) is 0 Å². The van der Waals surface area contributed by atoms with Gasteiger partial charge >= 0.3 is 0 Å². The van der Waals surface area contributed by atoms with E-state index in [0.717, 1.165) is 12.4 Å². The van der Waals surface area contributed by atoms with E-state index in [-0.39, 0.29) is 32.7 Å². The van der Waals surface area contributed by atoms with Gasteiger partial charge in [0.05, 0.1) is 6.61 Å². The SMILES string of the molecule is C[CH-]C1COc2ccccc21.[Y]. The van der Waals surface area contributed by atoms with Crippen molar-refractivity contribution in [3.63, 3.8) is 0 Å². The van der Waals surface area contributed by atoms with Crippen molar-refractivity contribution < 1.29 is 37.4 Å². The first-order valence-corrected chi connectivity index (χ1v) is 3.93. The van der Waals surface area contributed by atoms with Gasteiger partial charge in [-0.25, -0.2) is 0 Å². The van der Waals surface area contributed by atoms with Crippen LogP contribution in [0.15, 0.2) is 24.3 Å².